The van der Waals surface area contributed by atoms with E-state index in [1.807, 2.05) is 11.0 Å². The molecule has 2 bridgehead atoms. The molecule has 2 aliphatic carbocycles. The number of nitrogens with zero attached hydrogens (tertiary/aromatic N) is 2. The van der Waals surface area contributed by atoms with Crippen LogP contribution in [-0.4, -0.2) is 52.6 Å². The maximum Gasteiger partial charge on any atom is 0.305 e. The fraction of sp³-hybridized carbons (Fsp3) is 0.438. The van der Waals surface area contributed by atoms with Gasteiger partial charge in [-0.3, -0.25) is 24.1 Å². The number of fused-ring (bicyclic) bond motifs is 9. The molecule has 5 aliphatic rings. The van der Waals surface area contributed by atoms with Crippen LogP contribution in [0.15, 0.2) is 52.3 Å². The quantitative estimate of drug-likeness (QED) is 0.376. The molecular formula is C32H29ClFN3O5S2. The number of piperidine rings is 1. The molecule has 12 heteroatoms. The van der Waals surface area contributed by atoms with Gasteiger partial charge >= 0.3 is 4.87 Å². The van der Waals surface area contributed by atoms with Gasteiger partial charge in [-0.25, -0.2) is 4.39 Å². The number of amides is 3. The number of imide groups is 1. The lowest BCUT2D eigenvalue weighted by Gasteiger charge is -2.43. The van der Waals surface area contributed by atoms with Crippen molar-refractivity contribution < 1.29 is 23.5 Å². The van der Waals surface area contributed by atoms with Crippen LogP contribution in [0.2, 0.25) is 5.02 Å². The first-order chi connectivity index (χ1) is 21.3. The van der Waals surface area contributed by atoms with E-state index < -0.39 is 17.7 Å². The molecule has 3 amide bonds. The van der Waals surface area contributed by atoms with Crippen molar-refractivity contribution in [2.75, 3.05) is 24.6 Å². The highest BCUT2D eigenvalue weighted by Crippen LogP contribution is 2.69. The van der Waals surface area contributed by atoms with E-state index in [1.54, 1.807) is 23.9 Å². The number of benzene rings is 2. The molecule has 4 unspecified atom stereocenters. The average molecular weight is 654 g/mol. The standard InChI is InChI=1S/C32H29ClFN3O5S2/c33-15-4-9-21(42-14-22(38)36-10-2-1-3-11-36)18(12-15)23-24-19-13-20(27(24)43-29-28(23)44-32(41)35-29)26-25(19)30(39)37(31(26)40)17-7-5-16(34)6-8-17/h4-9,12,19-20,23-27H,1-3,10-11,13-14H2,(H,35,41)/t19-,20-,23-,24?,25?,26?,27?/m1/s1. The normalized spacial score (nSPS) is 30.4. The Hall–Kier alpha value is -3.15. The van der Waals surface area contributed by atoms with Crippen LogP contribution in [0.3, 0.4) is 0 Å². The second-order valence-corrected chi connectivity index (χ2v) is 15.0. The molecule has 7 atom stereocenters. The Bertz CT molecular complexity index is 1740. The van der Waals surface area contributed by atoms with E-state index in [0.717, 1.165) is 65.6 Å². The molecule has 8 rings (SSSR count). The highest BCUT2D eigenvalue weighted by molar-refractivity contribution is 8.00. The zero-order valence-corrected chi connectivity index (χ0v) is 25.9. The number of thiazole rings is 1. The maximum atomic E-state index is 14.0. The number of H-pyrrole nitrogens is 1. The summed E-state index contributed by atoms with van der Waals surface area (Å²) >= 11 is 9.32. The topological polar surface area (TPSA) is 99.8 Å². The second-order valence-electron chi connectivity index (χ2n) is 12.4. The third-order valence-corrected chi connectivity index (χ3v) is 13.0. The lowest BCUT2D eigenvalue weighted by molar-refractivity contribution is -0.134. The van der Waals surface area contributed by atoms with E-state index in [1.165, 1.54) is 29.2 Å². The lowest BCUT2D eigenvalue weighted by Crippen LogP contribution is -2.43. The SMILES string of the molecule is O=C(COc1ccc(Cl)cc1[C@H]1c2sc(=O)[nH]c2SC2C1[C@H]1C[C@@H]2C2C(=O)N(c3ccc(F)cc3)C(=O)C21)N1CCCCC1. The van der Waals surface area contributed by atoms with E-state index in [0.29, 0.717) is 16.5 Å². The summed E-state index contributed by atoms with van der Waals surface area (Å²) < 4.78 is 19.9. The number of aromatic nitrogens is 1. The largest absolute Gasteiger partial charge is 0.483 e. The minimum atomic E-state index is -0.497. The van der Waals surface area contributed by atoms with Crippen molar-refractivity contribution in [3.8, 4) is 5.75 Å². The van der Waals surface area contributed by atoms with E-state index >= 15 is 0 Å². The summed E-state index contributed by atoms with van der Waals surface area (Å²) in [6.45, 7) is 1.36. The number of thioether (sulfide) groups is 1. The first kappa shape index (κ1) is 28.3. The van der Waals surface area contributed by atoms with Gasteiger partial charge in [0.1, 0.15) is 11.6 Å². The Morgan fingerprint density at radius 3 is 2.48 bits per heavy atom. The number of hydrogen-bond donors (Lipinski definition) is 1. The molecule has 228 valence electrons. The van der Waals surface area contributed by atoms with Crippen LogP contribution in [0.1, 0.15) is 42.0 Å². The van der Waals surface area contributed by atoms with Gasteiger partial charge in [-0.05, 0) is 85.9 Å². The third kappa shape index (κ3) is 4.37. The van der Waals surface area contributed by atoms with Crippen LogP contribution in [0, 0.1) is 35.4 Å². The van der Waals surface area contributed by atoms with E-state index in [2.05, 4.69) is 4.98 Å². The highest BCUT2D eigenvalue weighted by Gasteiger charge is 2.69. The smallest absolute Gasteiger partial charge is 0.305 e. The molecule has 2 aromatic carbocycles. The van der Waals surface area contributed by atoms with Gasteiger partial charge in [0.25, 0.3) is 5.91 Å². The molecule has 3 aliphatic heterocycles. The highest BCUT2D eigenvalue weighted by atomic mass is 35.5. The van der Waals surface area contributed by atoms with E-state index in [9.17, 15) is 23.6 Å². The number of likely N-dealkylation sites (tertiary alicyclic amines) is 1. The minimum absolute atomic E-state index is 0.0178. The summed E-state index contributed by atoms with van der Waals surface area (Å²) in [5.41, 5.74) is 1.17. The monoisotopic (exact) mass is 653 g/mol. The van der Waals surface area contributed by atoms with Crippen LogP contribution in [-0.2, 0) is 14.4 Å². The summed E-state index contributed by atoms with van der Waals surface area (Å²) in [5.74, 6) is -1.95. The Kier molecular flexibility index (Phi) is 6.91. The number of ether oxygens (including phenoxy) is 1. The average Bonchev–Trinajstić information content (AvgIpc) is 3.76. The molecule has 4 fully saturated rings. The number of hydrogen-bond acceptors (Lipinski definition) is 7. The Labute approximate surface area is 265 Å². The fourth-order valence-corrected chi connectivity index (χ4v) is 11.5. The molecule has 0 radical (unpaired) electrons. The van der Waals surface area contributed by atoms with Gasteiger partial charge in [-0.15, -0.1) is 11.8 Å². The number of carbonyl (C=O) groups is 3. The summed E-state index contributed by atoms with van der Waals surface area (Å²) in [6, 6.07) is 10.8. The second kappa shape index (κ2) is 10.7. The molecule has 8 nitrogen and oxygen atoms in total. The first-order valence-corrected chi connectivity index (χ1v) is 17.1. The summed E-state index contributed by atoms with van der Waals surface area (Å²) in [6.07, 6.45) is 3.82. The van der Waals surface area contributed by atoms with Crippen molar-refractivity contribution in [2.24, 2.45) is 29.6 Å². The number of carbonyl (C=O) groups excluding carboxylic acids is 3. The van der Waals surface area contributed by atoms with E-state index in [-0.39, 0.29) is 58.1 Å². The Balaban J connectivity index is 1.16. The Morgan fingerprint density at radius 1 is 1.00 bits per heavy atom. The van der Waals surface area contributed by atoms with Crippen LogP contribution in [0.4, 0.5) is 10.1 Å². The number of nitrogens with one attached hydrogen (secondary N) is 1. The van der Waals surface area contributed by atoms with Crippen molar-refractivity contribution in [2.45, 2.75) is 41.9 Å². The van der Waals surface area contributed by atoms with Gasteiger partial charge in [0.05, 0.1) is 22.5 Å². The van der Waals surface area contributed by atoms with Crippen LogP contribution >= 0.6 is 34.7 Å². The van der Waals surface area contributed by atoms with Crippen molar-refractivity contribution in [3.05, 3.63) is 73.4 Å². The number of aromatic amines is 1. The van der Waals surface area contributed by atoms with Crippen LogP contribution in [0.25, 0.3) is 0 Å². The minimum Gasteiger partial charge on any atom is -0.483 e. The molecule has 1 aromatic heterocycles. The molecular weight excluding hydrogens is 625 g/mol. The predicted octanol–water partition coefficient (Wildman–Crippen LogP) is 5.30. The van der Waals surface area contributed by atoms with Crippen LogP contribution in [0.5, 0.6) is 5.75 Å². The first-order valence-electron chi connectivity index (χ1n) is 15.0. The molecule has 2 saturated carbocycles. The summed E-state index contributed by atoms with van der Waals surface area (Å²) in [5, 5.41) is 1.26. The molecule has 4 heterocycles. The molecule has 3 aromatic rings. The summed E-state index contributed by atoms with van der Waals surface area (Å²) in [4.78, 5) is 60.2. The van der Waals surface area contributed by atoms with Gasteiger partial charge in [0.2, 0.25) is 11.8 Å². The Morgan fingerprint density at radius 2 is 1.73 bits per heavy atom. The zero-order valence-electron chi connectivity index (χ0n) is 23.5. The molecule has 44 heavy (non-hydrogen) atoms. The summed E-state index contributed by atoms with van der Waals surface area (Å²) in [7, 11) is 0. The van der Waals surface area contributed by atoms with Gasteiger partial charge in [0.15, 0.2) is 6.61 Å². The van der Waals surface area contributed by atoms with Gasteiger partial charge in [0, 0.05) is 39.7 Å². The van der Waals surface area contributed by atoms with E-state index in [4.69, 9.17) is 16.3 Å². The fourth-order valence-electron chi connectivity index (χ4n) is 8.48. The van der Waals surface area contributed by atoms with Crippen molar-refractivity contribution in [1.82, 2.24) is 9.88 Å². The number of halogens is 2. The zero-order chi connectivity index (χ0) is 30.3. The molecule has 2 saturated heterocycles. The number of anilines is 1. The van der Waals surface area contributed by atoms with Gasteiger partial charge < -0.3 is 14.6 Å². The number of rotatable bonds is 5. The van der Waals surface area contributed by atoms with Gasteiger partial charge in [-0.2, -0.15) is 0 Å². The third-order valence-electron chi connectivity index (χ3n) is 10.2. The van der Waals surface area contributed by atoms with Crippen molar-refractivity contribution >= 4 is 58.1 Å². The van der Waals surface area contributed by atoms with Crippen molar-refractivity contribution in [1.29, 1.82) is 0 Å². The predicted molar refractivity (Wildman–Crippen MR) is 165 cm³/mol. The molecule has 1 N–H and O–H groups in total. The van der Waals surface area contributed by atoms with Crippen molar-refractivity contribution in [3.63, 3.8) is 0 Å². The molecule has 0 spiro atoms. The lowest BCUT2D eigenvalue weighted by atomic mass is 9.68. The van der Waals surface area contributed by atoms with Crippen LogP contribution < -0.4 is 14.5 Å². The van der Waals surface area contributed by atoms with Gasteiger partial charge in [-0.1, -0.05) is 22.9 Å². The maximum absolute atomic E-state index is 14.0.